The maximum Gasteiger partial charge on any atom is 0.287 e. The number of carbonyl (C=O) groups is 1. The second-order valence-electron chi connectivity index (χ2n) is 6.68. The number of hydrogen-bond donors (Lipinski definition) is 1. The highest BCUT2D eigenvalue weighted by molar-refractivity contribution is 6.08. The first-order valence-corrected chi connectivity index (χ1v) is 9.18. The summed E-state index contributed by atoms with van der Waals surface area (Å²) in [6.45, 7) is 1.48. The molecule has 0 aliphatic rings. The molecule has 0 atom stereocenters. The molecule has 27 heavy (non-hydrogen) atoms. The molecule has 3 aromatic carbocycles. The molecular formula is C23H22N2O2. The van der Waals surface area contributed by atoms with E-state index in [-0.39, 0.29) is 5.91 Å². The molecule has 0 bridgehead atoms. The van der Waals surface area contributed by atoms with Crippen molar-refractivity contribution in [3.63, 3.8) is 0 Å². The molecule has 0 spiro atoms. The summed E-state index contributed by atoms with van der Waals surface area (Å²) in [6, 6.07) is 24.1. The first-order valence-electron chi connectivity index (χ1n) is 9.18. The third kappa shape index (κ3) is 3.65. The van der Waals surface area contributed by atoms with Crippen LogP contribution in [-0.4, -0.2) is 26.0 Å². The van der Waals surface area contributed by atoms with E-state index in [9.17, 15) is 4.79 Å². The van der Waals surface area contributed by atoms with E-state index in [1.165, 1.54) is 5.69 Å². The van der Waals surface area contributed by atoms with Gasteiger partial charge in [0.05, 0.1) is 0 Å². The summed E-state index contributed by atoms with van der Waals surface area (Å²) in [4.78, 5) is 14.6. The van der Waals surface area contributed by atoms with Gasteiger partial charge in [0.15, 0.2) is 5.76 Å². The molecule has 0 saturated carbocycles. The number of nitrogens with one attached hydrogen (secondary N) is 1. The van der Waals surface area contributed by atoms with E-state index in [1.54, 1.807) is 0 Å². The molecule has 1 aromatic heterocycles. The Morgan fingerprint density at radius 2 is 1.74 bits per heavy atom. The normalized spacial score (nSPS) is 11.0. The molecule has 0 fully saturated rings. The maximum absolute atomic E-state index is 12.4. The van der Waals surface area contributed by atoms with Gasteiger partial charge in [0.25, 0.3) is 5.91 Å². The van der Waals surface area contributed by atoms with Crippen LogP contribution in [0.5, 0.6) is 0 Å². The fourth-order valence-corrected chi connectivity index (χ4v) is 3.32. The van der Waals surface area contributed by atoms with Crippen LogP contribution in [0.25, 0.3) is 21.7 Å². The van der Waals surface area contributed by atoms with Gasteiger partial charge in [-0.25, -0.2) is 0 Å². The zero-order valence-electron chi connectivity index (χ0n) is 15.3. The number of carbonyl (C=O) groups excluding carboxylic acids is 1. The standard InChI is InChI=1S/C23H22N2O2/c1-25(18-9-3-2-4-10-18)15-7-14-24-23(26)22-16-20-19-11-6-5-8-17(19)12-13-21(20)27-22/h2-6,8-13,16H,7,14-15H2,1H3,(H,24,26). The van der Waals surface area contributed by atoms with E-state index in [0.717, 1.165) is 34.7 Å². The summed E-state index contributed by atoms with van der Waals surface area (Å²) in [5, 5.41) is 6.17. The van der Waals surface area contributed by atoms with E-state index < -0.39 is 0 Å². The number of para-hydroxylation sites is 1. The Morgan fingerprint density at radius 3 is 2.59 bits per heavy atom. The lowest BCUT2D eigenvalue weighted by Crippen LogP contribution is -2.27. The quantitative estimate of drug-likeness (QED) is 0.502. The monoisotopic (exact) mass is 358 g/mol. The minimum Gasteiger partial charge on any atom is -0.451 e. The predicted octanol–water partition coefficient (Wildman–Crippen LogP) is 4.84. The van der Waals surface area contributed by atoms with Crippen molar-refractivity contribution in [2.75, 3.05) is 25.0 Å². The van der Waals surface area contributed by atoms with Crippen molar-refractivity contribution in [1.82, 2.24) is 5.32 Å². The second kappa shape index (κ2) is 7.54. The van der Waals surface area contributed by atoms with E-state index >= 15 is 0 Å². The number of fused-ring (bicyclic) bond motifs is 3. The number of anilines is 1. The Balaban J connectivity index is 1.38. The largest absolute Gasteiger partial charge is 0.451 e. The van der Waals surface area contributed by atoms with Gasteiger partial charge in [-0.05, 0) is 41.5 Å². The van der Waals surface area contributed by atoms with Crippen molar-refractivity contribution in [3.05, 3.63) is 78.6 Å². The highest BCUT2D eigenvalue weighted by Gasteiger charge is 2.13. The second-order valence-corrected chi connectivity index (χ2v) is 6.68. The number of furan rings is 1. The first-order chi connectivity index (χ1) is 13.2. The van der Waals surface area contributed by atoms with Gasteiger partial charge in [0, 0.05) is 31.2 Å². The average molecular weight is 358 g/mol. The minimum absolute atomic E-state index is 0.169. The zero-order chi connectivity index (χ0) is 18.6. The maximum atomic E-state index is 12.4. The van der Waals surface area contributed by atoms with Gasteiger partial charge in [-0.1, -0.05) is 48.5 Å². The molecule has 0 aliphatic carbocycles. The summed E-state index contributed by atoms with van der Waals surface area (Å²) in [7, 11) is 2.06. The Morgan fingerprint density at radius 1 is 0.963 bits per heavy atom. The fraction of sp³-hybridized carbons (Fsp3) is 0.174. The van der Waals surface area contributed by atoms with Crippen molar-refractivity contribution in [2.24, 2.45) is 0 Å². The van der Waals surface area contributed by atoms with E-state index in [2.05, 4.69) is 35.5 Å². The van der Waals surface area contributed by atoms with Crippen LogP contribution in [0.4, 0.5) is 5.69 Å². The van der Waals surface area contributed by atoms with Crippen molar-refractivity contribution in [3.8, 4) is 0 Å². The van der Waals surface area contributed by atoms with Gasteiger partial charge >= 0.3 is 0 Å². The molecule has 1 amide bonds. The summed E-state index contributed by atoms with van der Waals surface area (Å²) < 4.78 is 5.76. The van der Waals surface area contributed by atoms with Crippen molar-refractivity contribution < 1.29 is 9.21 Å². The first kappa shape index (κ1) is 17.2. The average Bonchev–Trinajstić information content (AvgIpc) is 3.16. The van der Waals surface area contributed by atoms with Gasteiger partial charge in [-0.15, -0.1) is 0 Å². The summed E-state index contributed by atoms with van der Waals surface area (Å²) in [5.41, 5.74) is 1.91. The molecule has 4 aromatic rings. The molecule has 4 nitrogen and oxygen atoms in total. The summed E-state index contributed by atoms with van der Waals surface area (Å²) in [5.74, 6) is 0.190. The molecule has 0 aliphatic heterocycles. The van der Waals surface area contributed by atoms with Gasteiger partial charge in [0.1, 0.15) is 5.58 Å². The van der Waals surface area contributed by atoms with Gasteiger partial charge in [-0.2, -0.15) is 0 Å². The fourth-order valence-electron chi connectivity index (χ4n) is 3.32. The Hall–Kier alpha value is -3.27. The van der Waals surface area contributed by atoms with Crippen LogP contribution < -0.4 is 10.2 Å². The number of amides is 1. The van der Waals surface area contributed by atoms with E-state index in [1.807, 2.05) is 54.6 Å². The lowest BCUT2D eigenvalue weighted by molar-refractivity contribution is 0.0928. The summed E-state index contributed by atoms with van der Waals surface area (Å²) >= 11 is 0. The molecule has 4 heteroatoms. The van der Waals surface area contributed by atoms with Gasteiger partial charge in [0.2, 0.25) is 0 Å². The van der Waals surface area contributed by atoms with Gasteiger partial charge in [-0.3, -0.25) is 4.79 Å². The molecule has 1 N–H and O–H groups in total. The number of rotatable bonds is 6. The number of hydrogen-bond acceptors (Lipinski definition) is 3. The van der Waals surface area contributed by atoms with Crippen molar-refractivity contribution in [1.29, 1.82) is 0 Å². The smallest absolute Gasteiger partial charge is 0.287 e. The predicted molar refractivity (Wildman–Crippen MR) is 110 cm³/mol. The molecule has 1 heterocycles. The number of benzene rings is 3. The van der Waals surface area contributed by atoms with Crippen LogP contribution in [-0.2, 0) is 0 Å². The lowest BCUT2D eigenvalue weighted by atomic mass is 10.1. The minimum atomic E-state index is -0.169. The Bertz CT molecular complexity index is 1070. The molecule has 4 rings (SSSR count). The highest BCUT2D eigenvalue weighted by Crippen LogP contribution is 2.28. The van der Waals surface area contributed by atoms with E-state index in [4.69, 9.17) is 4.42 Å². The number of nitrogens with zero attached hydrogens (tertiary/aromatic N) is 1. The SMILES string of the molecule is CN(CCCNC(=O)c1cc2c(ccc3ccccc32)o1)c1ccccc1. The topological polar surface area (TPSA) is 45.5 Å². The molecule has 0 unspecified atom stereocenters. The Labute approximate surface area is 158 Å². The zero-order valence-corrected chi connectivity index (χ0v) is 15.3. The van der Waals surface area contributed by atoms with Crippen LogP contribution in [0.3, 0.4) is 0 Å². The highest BCUT2D eigenvalue weighted by atomic mass is 16.3. The van der Waals surface area contributed by atoms with Crippen LogP contribution in [0.1, 0.15) is 17.0 Å². The van der Waals surface area contributed by atoms with Crippen LogP contribution >= 0.6 is 0 Å². The molecule has 0 saturated heterocycles. The van der Waals surface area contributed by atoms with Gasteiger partial charge < -0.3 is 14.6 Å². The van der Waals surface area contributed by atoms with Crippen LogP contribution in [0.2, 0.25) is 0 Å². The third-order valence-electron chi connectivity index (χ3n) is 4.80. The Kier molecular flexibility index (Phi) is 4.79. The summed E-state index contributed by atoms with van der Waals surface area (Å²) in [6.07, 6.45) is 0.861. The third-order valence-corrected chi connectivity index (χ3v) is 4.80. The van der Waals surface area contributed by atoms with Crippen molar-refractivity contribution >= 4 is 33.3 Å². The van der Waals surface area contributed by atoms with E-state index in [0.29, 0.717) is 12.3 Å². The van der Waals surface area contributed by atoms with Crippen LogP contribution in [0, 0.1) is 0 Å². The van der Waals surface area contributed by atoms with Crippen LogP contribution in [0.15, 0.2) is 77.2 Å². The lowest BCUT2D eigenvalue weighted by Gasteiger charge is -2.19. The molecular weight excluding hydrogens is 336 g/mol. The molecule has 0 radical (unpaired) electrons. The molecule has 136 valence electrons. The van der Waals surface area contributed by atoms with Crippen molar-refractivity contribution in [2.45, 2.75) is 6.42 Å².